The number of ether oxygens (including phenoxy) is 2. The molecule has 1 fully saturated rings. The summed E-state index contributed by atoms with van der Waals surface area (Å²) in [6, 6.07) is 13.8. The van der Waals surface area contributed by atoms with Crippen LogP contribution in [-0.2, 0) is 16.1 Å². The number of benzene rings is 3. The number of halogens is 1. The van der Waals surface area contributed by atoms with Gasteiger partial charge in [-0.15, -0.1) is 0 Å². The number of nitrogens with zero attached hydrogens (tertiary/aromatic N) is 3. The summed E-state index contributed by atoms with van der Waals surface area (Å²) in [5, 5.41) is 11.0. The van der Waals surface area contributed by atoms with Crippen molar-refractivity contribution in [3.8, 4) is 11.5 Å². The Morgan fingerprint density at radius 2 is 1.72 bits per heavy atom. The summed E-state index contributed by atoms with van der Waals surface area (Å²) in [5.41, 5.74) is 0.736. The first kappa shape index (κ1) is 23.0. The van der Waals surface area contributed by atoms with Crippen molar-refractivity contribution >= 4 is 29.1 Å². The third kappa shape index (κ3) is 4.22. The molecular weight excluding hydrogens is 473 g/mol. The van der Waals surface area contributed by atoms with Gasteiger partial charge in [-0.2, -0.15) is 0 Å². The molecule has 36 heavy (non-hydrogen) atoms. The van der Waals surface area contributed by atoms with Crippen LogP contribution in [0.1, 0.15) is 22.3 Å². The van der Waals surface area contributed by atoms with Crippen molar-refractivity contribution in [2.45, 2.75) is 19.0 Å². The standard InChI is InChI=1S/C25H18FN3O7/c26-17-4-8-18(9-5-17)28-23(30)12-20(25(28)32)27(13-15-1-10-21-22(11-15)36-14-35-21)24(31)16-2-6-19(7-3-16)29(33)34/h1-11,20H,12-14H2. The molecule has 5 rings (SSSR count). The normalized spacial score (nSPS) is 16.4. The van der Waals surface area contributed by atoms with Gasteiger partial charge in [0.25, 0.3) is 17.5 Å². The average Bonchev–Trinajstić information content (AvgIpc) is 3.46. The Hall–Kier alpha value is -4.80. The third-order valence-corrected chi connectivity index (χ3v) is 5.96. The van der Waals surface area contributed by atoms with Gasteiger partial charge in [0.1, 0.15) is 11.9 Å². The molecule has 0 spiro atoms. The first-order valence-electron chi connectivity index (χ1n) is 10.9. The van der Waals surface area contributed by atoms with Gasteiger partial charge < -0.3 is 14.4 Å². The summed E-state index contributed by atoms with van der Waals surface area (Å²) in [6.45, 7) is 0.0138. The number of amides is 3. The highest BCUT2D eigenvalue weighted by Crippen LogP contribution is 2.34. The van der Waals surface area contributed by atoms with Crippen LogP contribution in [0.25, 0.3) is 0 Å². The Morgan fingerprint density at radius 1 is 1.03 bits per heavy atom. The summed E-state index contributed by atoms with van der Waals surface area (Å²) >= 11 is 0. The van der Waals surface area contributed by atoms with E-state index in [1.807, 2.05) is 0 Å². The molecule has 0 aromatic heterocycles. The van der Waals surface area contributed by atoms with Crippen LogP contribution >= 0.6 is 0 Å². The smallest absolute Gasteiger partial charge is 0.269 e. The van der Waals surface area contributed by atoms with Crippen molar-refractivity contribution in [2.24, 2.45) is 0 Å². The quantitative estimate of drug-likeness (QED) is 0.294. The first-order chi connectivity index (χ1) is 17.3. The molecule has 182 valence electrons. The highest BCUT2D eigenvalue weighted by molar-refractivity contribution is 6.23. The van der Waals surface area contributed by atoms with Crippen LogP contribution in [0.3, 0.4) is 0 Å². The number of nitro groups is 1. The van der Waals surface area contributed by atoms with Crippen molar-refractivity contribution in [2.75, 3.05) is 11.7 Å². The maximum atomic E-state index is 13.6. The zero-order chi connectivity index (χ0) is 25.4. The lowest BCUT2D eigenvalue weighted by molar-refractivity contribution is -0.384. The molecule has 2 aliphatic rings. The number of imide groups is 1. The van der Waals surface area contributed by atoms with E-state index < -0.39 is 34.5 Å². The van der Waals surface area contributed by atoms with Crippen LogP contribution in [0.4, 0.5) is 15.8 Å². The fraction of sp³-hybridized carbons (Fsp3) is 0.160. The molecule has 0 saturated carbocycles. The third-order valence-electron chi connectivity index (χ3n) is 5.96. The van der Waals surface area contributed by atoms with E-state index in [-0.39, 0.29) is 36.7 Å². The minimum Gasteiger partial charge on any atom is -0.454 e. The largest absolute Gasteiger partial charge is 0.454 e. The Bertz CT molecular complexity index is 1380. The summed E-state index contributed by atoms with van der Waals surface area (Å²) in [4.78, 5) is 52.4. The van der Waals surface area contributed by atoms with Crippen molar-refractivity contribution in [1.29, 1.82) is 0 Å². The van der Waals surface area contributed by atoms with Crippen LogP contribution in [0.15, 0.2) is 66.7 Å². The summed E-state index contributed by atoms with van der Waals surface area (Å²) in [5.74, 6) is -1.26. The van der Waals surface area contributed by atoms with Crippen LogP contribution in [0.2, 0.25) is 0 Å². The Balaban J connectivity index is 1.49. The summed E-state index contributed by atoms with van der Waals surface area (Å²) in [6.07, 6.45) is -0.278. The lowest BCUT2D eigenvalue weighted by Crippen LogP contribution is -2.45. The Labute approximate surface area is 203 Å². The zero-order valence-electron chi connectivity index (χ0n) is 18.6. The lowest BCUT2D eigenvalue weighted by Gasteiger charge is -2.28. The second-order valence-electron chi connectivity index (χ2n) is 8.19. The fourth-order valence-electron chi connectivity index (χ4n) is 4.17. The molecule has 0 aliphatic carbocycles. The minimum atomic E-state index is -1.14. The van der Waals surface area contributed by atoms with Crippen molar-refractivity contribution < 1.29 is 33.2 Å². The van der Waals surface area contributed by atoms with E-state index in [9.17, 15) is 28.9 Å². The summed E-state index contributed by atoms with van der Waals surface area (Å²) in [7, 11) is 0. The minimum absolute atomic E-state index is 0.0482. The molecule has 3 amide bonds. The van der Waals surface area contributed by atoms with Gasteiger partial charge in [0.15, 0.2) is 11.5 Å². The van der Waals surface area contributed by atoms with Gasteiger partial charge in [-0.05, 0) is 54.1 Å². The molecule has 10 nitrogen and oxygen atoms in total. The van der Waals surface area contributed by atoms with Gasteiger partial charge in [0.2, 0.25) is 12.7 Å². The van der Waals surface area contributed by atoms with Gasteiger partial charge in [-0.3, -0.25) is 24.5 Å². The van der Waals surface area contributed by atoms with E-state index >= 15 is 0 Å². The maximum absolute atomic E-state index is 13.6. The summed E-state index contributed by atoms with van der Waals surface area (Å²) < 4.78 is 24.1. The molecule has 0 N–H and O–H groups in total. The highest BCUT2D eigenvalue weighted by atomic mass is 19.1. The van der Waals surface area contributed by atoms with Gasteiger partial charge >= 0.3 is 0 Å². The Morgan fingerprint density at radius 3 is 2.42 bits per heavy atom. The van der Waals surface area contributed by atoms with E-state index in [0.717, 1.165) is 17.0 Å². The van der Waals surface area contributed by atoms with Crippen LogP contribution in [0, 0.1) is 15.9 Å². The average molecular weight is 491 g/mol. The van der Waals surface area contributed by atoms with Gasteiger partial charge in [-0.1, -0.05) is 6.07 Å². The van der Waals surface area contributed by atoms with E-state index in [1.165, 1.54) is 41.3 Å². The molecule has 1 atom stereocenters. The molecule has 3 aromatic carbocycles. The number of non-ortho nitro benzene ring substituents is 1. The maximum Gasteiger partial charge on any atom is 0.269 e. The van der Waals surface area contributed by atoms with Crippen molar-refractivity contribution in [3.05, 3.63) is 93.8 Å². The number of fused-ring (bicyclic) bond motifs is 1. The number of nitro benzene ring substituents is 1. The lowest BCUT2D eigenvalue weighted by atomic mass is 10.1. The SMILES string of the molecule is O=C1CC(N(Cc2ccc3c(c2)OCO3)C(=O)c2ccc([N+](=O)[O-])cc2)C(=O)N1c1ccc(F)cc1. The molecule has 0 bridgehead atoms. The molecule has 2 aliphatic heterocycles. The number of carbonyl (C=O) groups excluding carboxylic acids is 3. The predicted octanol–water partition coefficient (Wildman–Crippen LogP) is 3.44. The van der Waals surface area contributed by atoms with Gasteiger partial charge in [0, 0.05) is 24.2 Å². The molecular formula is C25H18FN3O7. The van der Waals surface area contributed by atoms with E-state index in [1.54, 1.807) is 18.2 Å². The van der Waals surface area contributed by atoms with Gasteiger partial charge in [0.05, 0.1) is 17.0 Å². The molecule has 2 heterocycles. The van der Waals surface area contributed by atoms with Crippen LogP contribution in [0.5, 0.6) is 11.5 Å². The number of rotatable bonds is 6. The van der Waals surface area contributed by atoms with E-state index in [4.69, 9.17) is 9.47 Å². The monoisotopic (exact) mass is 491 g/mol. The second-order valence-corrected chi connectivity index (χ2v) is 8.19. The number of hydrogen-bond acceptors (Lipinski definition) is 7. The number of hydrogen-bond donors (Lipinski definition) is 0. The molecule has 3 aromatic rings. The molecule has 0 radical (unpaired) electrons. The molecule has 1 saturated heterocycles. The highest BCUT2D eigenvalue weighted by Gasteiger charge is 2.44. The zero-order valence-corrected chi connectivity index (χ0v) is 18.6. The fourth-order valence-corrected chi connectivity index (χ4v) is 4.17. The van der Waals surface area contributed by atoms with E-state index in [2.05, 4.69) is 0 Å². The van der Waals surface area contributed by atoms with Crippen LogP contribution in [-0.4, -0.2) is 40.4 Å². The van der Waals surface area contributed by atoms with Crippen LogP contribution < -0.4 is 14.4 Å². The molecule has 11 heteroatoms. The second kappa shape index (κ2) is 9.10. The first-order valence-corrected chi connectivity index (χ1v) is 10.9. The van der Waals surface area contributed by atoms with Gasteiger partial charge in [-0.25, -0.2) is 9.29 Å². The van der Waals surface area contributed by atoms with E-state index in [0.29, 0.717) is 17.1 Å². The number of anilines is 1. The molecule has 1 unspecified atom stereocenters. The topological polar surface area (TPSA) is 119 Å². The Kier molecular flexibility index (Phi) is 5.80. The van der Waals surface area contributed by atoms with Crippen molar-refractivity contribution in [1.82, 2.24) is 4.90 Å². The van der Waals surface area contributed by atoms with Crippen molar-refractivity contribution in [3.63, 3.8) is 0 Å². The predicted molar refractivity (Wildman–Crippen MR) is 123 cm³/mol. The number of carbonyl (C=O) groups is 3.